The Morgan fingerprint density at radius 3 is 2.70 bits per heavy atom. The molecule has 3 N–H and O–H groups in total. The third-order valence-corrected chi connectivity index (χ3v) is 5.62. The van der Waals surface area contributed by atoms with Crippen LogP contribution in [0.5, 0.6) is 0 Å². The molecule has 0 radical (unpaired) electrons. The SMILES string of the molecule is CC1(C)C(=O)NCCN1C(=O)c1cnn2c(C3CCNCC3)cc(=O)[nH]c12. The second kappa shape index (κ2) is 6.49. The van der Waals surface area contributed by atoms with Gasteiger partial charge in [-0.1, -0.05) is 0 Å². The van der Waals surface area contributed by atoms with E-state index in [-0.39, 0.29) is 23.3 Å². The van der Waals surface area contributed by atoms with E-state index in [0.29, 0.717) is 24.3 Å². The minimum Gasteiger partial charge on any atom is -0.352 e. The fourth-order valence-corrected chi connectivity index (χ4v) is 3.98. The van der Waals surface area contributed by atoms with Crippen LogP contribution in [-0.2, 0) is 4.79 Å². The van der Waals surface area contributed by atoms with E-state index in [4.69, 9.17) is 0 Å². The van der Waals surface area contributed by atoms with Crippen molar-refractivity contribution >= 4 is 17.5 Å². The van der Waals surface area contributed by atoms with Gasteiger partial charge >= 0.3 is 0 Å². The van der Waals surface area contributed by atoms with Crippen molar-refractivity contribution in [2.24, 2.45) is 0 Å². The number of hydrogen-bond acceptors (Lipinski definition) is 5. The number of nitrogens with one attached hydrogen (secondary N) is 3. The van der Waals surface area contributed by atoms with Gasteiger partial charge in [-0.3, -0.25) is 14.4 Å². The summed E-state index contributed by atoms with van der Waals surface area (Å²) in [5.41, 5.74) is 0.316. The van der Waals surface area contributed by atoms with Gasteiger partial charge in [-0.05, 0) is 39.8 Å². The van der Waals surface area contributed by atoms with E-state index in [1.165, 1.54) is 6.20 Å². The molecule has 0 aromatic carbocycles. The molecule has 2 aliphatic heterocycles. The summed E-state index contributed by atoms with van der Waals surface area (Å²) in [7, 11) is 0. The number of rotatable bonds is 2. The van der Waals surface area contributed by atoms with Crippen LogP contribution in [0.4, 0.5) is 0 Å². The summed E-state index contributed by atoms with van der Waals surface area (Å²) < 4.78 is 1.67. The topological polar surface area (TPSA) is 112 Å². The van der Waals surface area contributed by atoms with E-state index in [9.17, 15) is 14.4 Å². The van der Waals surface area contributed by atoms with Crippen LogP contribution in [0.3, 0.4) is 0 Å². The number of nitrogens with zero attached hydrogens (tertiary/aromatic N) is 3. The Morgan fingerprint density at radius 1 is 1.22 bits per heavy atom. The molecule has 0 bridgehead atoms. The zero-order valence-electron chi connectivity index (χ0n) is 15.5. The molecule has 2 aromatic heterocycles. The second-order valence-corrected chi connectivity index (χ2v) is 7.67. The van der Waals surface area contributed by atoms with Crippen molar-refractivity contribution in [1.29, 1.82) is 0 Å². The van der Waals surface area contributed by atoms with Crippen LogP contribution in [0.25, 0.3) is 5.65 Å². The first kappa shape index (κ1) is 17.7. The molecule has 2 fully saturated rings. The predicted molar refractivity (Wildman–Crippen MR) is 98.8 cm³/mol. The number of carbonyl (C=O) groups is 2. The summed E-state index contributed by atoms with van der Waals surface area (Å²) in [6.45, 7) is 6.03. The standard InChI is InChI=1S/C18H24N6O3/c1-18(2)17(27)20-7-8-23(18)16(26)12-10-21-24-13(9-14(25)22-15(12)24)11-3-5-19-6-4-11/h9-11,19H,3-8H2,1-2H3,(H,20,27)(H,22,25). The first-order valence-electron chi connectivity index (χ1n) is 9.31. The van der Waals surface area contributed by atoms with Gasteiger partial charge in [0.1, 0.15) is 16.7 Å². The molecule has 4 rings (SSSR count). The Balaban J connectivity index is 1.77. The molecule has 144 valence electrons. The maximum absolute atomic E-state index is 13.2. The third kappa shape index (κ3) is 2.91. The molecule has 2 aromatic rings. The van der Waals surface area contributed by atoms with Crippen LogP contribution in [0.15, 0.2) is 17.1 Å². The van der Waals surface area contributed by atoms with Crippen molar-refractivity contribution in [2.45, 2.75) is 38.1 Å². The van der Waals surface area contributed by atoms with E-state index in [2.05, 4.69) is 20.7 Å². The molecule has 0 aliphatic carbocycles. The minimum absolute atomic E-state index is 0.192. The van der Waals surface area contributed by atoms with E-state index < -0.39 is 5.54 Å². The van der Waals surface area contributed by atoms with Gasteiger partial charge in [-0.25, -0.2) is 4.52 Å². The van der Waals surface area contributed by atoms with Gasteiger partial charge < -0.3 is 20.5 Å². The van der Waals surface area contributed by atoms with Crippen LogP contribution in [-0.4, -0.2) is 63.0 Å². The molecule has 2 aliphatic rings. The number of piperidine rings is 1. The summed E-state index contributed by atoms with van der Waals surface area (Å²) >= 11 is 0. The fraction of sp³-hybridized carbons (Fsp3) is 0.556. The molecule has 0 unspecified atom stereocenters. The fourth-order valence-electron chi connectivity index (χ4n) is 3.98. The summed E-state index contributed by atoms with van der Waals surface area (Å²) in [5, 5.41) is 10.5. The van der Waals surface area contributed by atoms with Gasteiger partial charge in [0.2, 0.25) is 5.91 Å². The lowest BCUT2D eigenvalue weighted by atomic mass is 9.94. The first-order chi connectivity index (χ1) is 12.9. The number of aromatic amines is 1. The van der Waals surface area contributed by atoms with Crippen molar-refractivity contribution in [3.8, 4) is 0 Å². The zero-order chi connectivity index (χ0) is 19.2. The number of fused-ring (bicyclic) bond motifs is 1. The van der Waals surface area contributed by atoms with Crippen molar-refractivity contribution in [3.05, 3.63) is 33.9 Å². The number of H-pyrrole nitrogens is 1. The lowest BCUT2D eigenvalue weighted by Gasteiger charge is -2.41. The molecule has 9 nitrogen and oxygen atoms in total. The van der Waals surface area contributed by atoms with Crippen LogP contribution in [0.1, 0.15) is 48.7 Å². The van der Waals surface area contributed by atoms with Crippen molar-refractivity contribution < 1.29 is 9.59 Å². The van der Waals surface area contributed by atoms with Crippen LogP contribution < -0.4 is 16.2 Å². The van der Waals surface area contributed by atoms with Gasteiger partial charge in [-0.2, -0.15) is 5.10 Å². The smallest absolute Gasteiger partial charge is 0.260 e. The Labute approximate surface area is 156 Å². The number of piperazine rings is 1. The van der Waals surface area contributed by atoms with Crippen LogP contribution >= 0.6 is 0 Å². The maximum Gasteiger partial charge on any atom is 0.260 e. The Kier molecular flexibility index (Phi) is 4.26. The normalized spacial score (nSPS) is 20.7. The van der Waals surface area contributed by atoms with Gasteiger partial charge in [-0.15, -0.1) is 0 Å². The summed E-state index contributed by atoms with van der Waals surface area (Å²) in [5.74, 6) is -0.276. The highest BCUT2D eigenvalue weighted by Crippen LogP contribution is 2.26. The number of aromatic nitrogens is 3. The van der Waals surface area contributed by atoms with E-state index >= 15 is 0 Å². The van der Waals surface area contributed by atoms with Gasteiger partial charge in [0.25, 0.3) is 11.5 Å². The van der Waals surface area contributed by atoms with Gasteiger partial charge in [0.15, 0.2) is 0 Å². The molecule has 2 amide bonds. The summed E-state index contributed by atoms with van der Waals surface area (Å²) in [6, 6.07) is 1.57. The summed E-state index contributed by atoms with van der Waals surface area (Å²) in [6.07, 6.45) is 3.32. The number of hydrogen-bond donors (Lipinski definition) is 3. The lowest BCUT2D eigenvalue weighted by Crippen LogP contribution is -2.63. The highest BCUT2D eigenvalue weighted by molar-refractivity contribution is 6.03. The second-order valence-electron chi connectivity index (χ2n) is 7.67. The molecule has 9 heteroatoms. The van der Waals surface area contributed by atoms with Crippen molar-refractivity contribution in [1.82, 2.24) is 30.1 Å². The Bertz CT molecular complexity index is 954. The first-order valence-corrected chi connectivity index (χ1v) is 9.31. The maximum atomic E-state index is 13.2. The molecule has 0 atom stereocenters. The minimum atomic E-state index is -0.962. The van der Waals surface area contributed by atoms with Crippen molar-refractivity contribution in [2.75, 3.05) is 26.2 Å². The highest BCUT2D eigenvalue weighted by atomic mass is 16.2. The van der Waals surface area contributed by atoms with Gasteiger partial charge in [0.05, 0.1) is 11.9 Å². The number of carbonyl (C=O) groups excluding carboxylic acids is 2. The molecular formula is C18H24N6O3. The molecule has 4 heterocycles. The van der Waals surface area contributed by atoms with E-state index in [0.717, 1.165) is 31.6 Å². The summed E-state index contributed by atoms with van der Waals surface area (Å²) in [4.78, 5) is 42.0. The zero-order valence-corrected chi connectivity index (χ0v) is 15.5. The molecule has 2 saturated heterocycles. The van der Waals surface area contributed by atoms with Gasteiger partial charge in [0, 0.05) is 25.1 Å². The predicted octanol–water partition coefficient (Wildman–Crippen LogP) is -0.160. The quantitative estimate of drug-likeness (QED) is 0.678. The van der Waals surface area contributed by atoms with Crippen molar-refractivity contribution in [3.63, 3.8) is 0 Å². The highest BCUT2D eigenvalue weighted by Gasteiger charge is 2.41. The Morgan fingerprint density at radius 2 is 1.96 bits per heavy atom. The van der Waals surface area contributed by atoms with E-state index in [1.807, 2.05) is 0 Å². The molecule has 0 spiro atoms. The lowest BCUT2D eigenvalue weighted by molar-refractivity contribution is -0.133. The molecule has 27 heavy (non-hydrogen) atoms. The monoisotopic (exact) mass is 372 g/mol. The van der Waals surface area contributed by atoms with E-state index in [1.54, 1.807) is 29.3 Å². The largest absolute Gasteiger partial charge is 0.352 e. The third-order valence-electron chi connectivity index (χ3n) is 5.62. The average Bonchev–Trinajstić information content (AvgIpc) is 3.07. The average molecular weight is 372 g/mol. The molecular weight excluding hydrogens is 348 g/mol. The van der Waals surface area contributed by atoms with Crippen LogP contribution in [0, 0.1) is 0 Å². The Hall–Kier alpha value is -2.68. The van der Waals surface area contributed by atoms with Crippen LogP contribution in [0.2, 0.25) is 0 Å². The number of amides is 2. The molecule has 0 saturated carbocycles.